The minimum absolute atomic E-state index is 0.200. The number of aryl methyl sites for hydroxylation is 3. The quantitative estimate of drug-likeness (QED) is 0.0992. The lowest BCUT2D eigenvalue weighted by atomic mass is 9.68. The van der Waals surface area contributed by atoms with Crippen LogP contribution in [0.5, 0.6) is 17.2 Å². The molecule has 0 saturated heterocycles. The van der Waals surface area contributed by atoms with E-state index >= 15 is 0 Å². The Morgan fingerprint density at radius 3 is 0.977 bits per heavy atom. The van der Waals surface area contributed by atoms with Gasteiger partial charge in [-0.15, -0.1) is 0 Å². The zero-order valence-electron chi connectivity index (χ0n) is 28.0. The lowest BCUT2D eigenvalue weighted by molar-refractivity contribution is 0.114. The van der Waals surface area contributed by atoms with Gasteiger partial charge in [-0.05, 0) is 97.0 Å². The van der Waals surface area contributed by atoms with Gasteiger partial charge < -0.3 is 29.5 Å². The van der Waals surface area contributed by atoms with Crippen molar-refractivity contribution < 1.29 is 29.5 Å². The van der Waals surface area contributed by atoms with E-state index in [1.54, 1.807) is 0 Å². The summed E-state index contributed by atoms with van der Waals surface area (Å²) in [6.07, 6.45) is 4.70. The van der Waals surface area contributed by atoms with Gasteiger partial charge in [0.15, 0.2) is 0 Å². The third-order valence-corrected chi connectivity index (χ3v) is 8.50. The summed E-state index contributed by atoms with van der Waals surface area (Å²) in [6.45, 7) is 17.2. The van der Waals surface area contributed by atoms with Crippen LogP contribution in [0.2, 0.25) is 0 Å². The Morgan fingerprint density at radius 1 is 0.455 bits per heavy atom. The predicted molar refractivity (Wildman–Crippen MR) is 178 cm³/mol. The van der Waals surface area contributed by atoms with E-state index in [4.69, 9.17) is 14.2 Å². The third kappa shape index (κ3) is 7.96. The van der Waals surface area contributed by atoms with Crippen molar-refractivity contribution in [3.8, 4) is 17.2 Å². The van der Waals surface area contributed by atoms with E-state index in [0.29, 0.717) is 62.6 Å². The third-order valence-electron chi connectivity index (χ3n) is 8.50. The molecule has 0 saturated carbocycles. The van der Waals surface area contributed by atoms with Crippen LogP contribution >= 0.6 is 0 Å². The second-order valence-electron chi connectivity index (χ2n) is 11.8. The first-order valence-electron chi connectivity index (χ1n) is 16.5. The van der Waals surface area contributed by atoms with E-state index in [9.17, 15) is 15.3 Å². The fourth-order valence-electron chi connectivity index (χ4n) is 5.76. The van der Waals surface area contributed by atoms with Crippen molar-refractivity contribution in [1.82, 2.24) is 0 Å². The van der Waals surface area contributed by atoms with E-state index in [-0.39, 0.29) is 24.7 Å². The molecule has 0 heterocycles. The highest BCUT2D eigenvalue weighted by Gasteiger charge is 2.35. The topological polar surface area (TPSA) is 88.4 Å². The van der Waals surface area contributed by atoms with Crippen molar-refractivity contribution in [2.24, 2.45) is 0 Å². The summed E-state index contributed by atoms with van der Waals surface area (Å²) >= 11 is 0. The van der Waals surface area contributed by atoms with Gasteiger partial charge in [-0.25, -0.2) is 0 Å². The normalized spacial score (nSPS) is 12.9. The number of hydrogen-bond donors (Lipinski definition) is 3. The molecule has 0 spiro atoms. The van der Waals surface area contributed by atoms with E-state index in [0.717, 1.165) is 58.2 Å². The molecule has 3 rings (SSSR count). The van der Waals surface area contributed by atoms with E-state index in [2.05, 4.69) is 65.8 Å². The molecule has 3 N–H and O–H groups in total. The molecule has 0 aliphatic heterocycles. The van der Waals surface area contributed by atoms with Crippen LogP contribution in [0.1, 0.15) is 118 Å². The lowest BCUT2D eigenvalue weighted by Gasteiger charge is -2.35. The number of rotatable bonds is 18. The second kappa shape index (κ2) is 16.9. The highest BCUT2D eigenvalue weighted by molar-refractivity contribution is 5.59. The molecule has 0 fully saturated rings. The summed E-state index contributed by atoms with van der Waals surface area (Å²) in [6, 6.07) is 12.5. The molecule has 0 aromatic heterocycles. The summed E-state index contributed by atoms with van der Waals surface area (Å²) in [4.78, 5) is 0. The van der Waals surface area contributed by atoms with Gasteiger partial charge in [0, 0.05) is 41.9 Å². The number of benzene rings is 3. The maximum absolute atomic E-state index is 11.4. The summed E-state index contributed by atoms with van der Waals surface area (Å²) in [7, 11) is 0. The molecule has 242 valence electrons. The number of hydrogen-bond acceptors (Lipinski definition) is 6. The molecule has 6 heteroatoms. The van der Waals surface area contributed by atoms with Gasteiger partial charge in [-0.2, -0.15) is 0 Å². The fraction of sp³-hybridized carbons (Fsp3) is 0.526. The first kappa shape index (κ1) is 35.4. The zero-order valence-corrected chi connectivity index (χ0v) is 28.0. The standard InChI is InChI=1S/C38H54O6/c1-8-14-42-23-29-20-33(19-28(13-6)36(29)40)38(7,32-17-26(11-4)35(39)27(12-5)18-32)34-21-30(24-43-15-9-2)37(41)31(22-34)25-44-16-10-3/h17-22,39-41H,8-16,23-25H2,1-7H3. The Kier molecular flexibility index (Phi) is 13.6. The van der Waals surface area contributed by atoms with Gasteiger partial charge in [0.2, 0.25) is 0 Å². The van der Waals surface area contributed by atoms with Crippen molar-refractivity contribution in [2.75, 3.05) is 19.8 Å². The molecular weight excluding hydrogens is 552 g/mol. The maximum atomic E-state index is 11.4. The molecular formula is C38H54O6. The highest BCUT2D eigenvalue weighted by atomic mass is 16.5. The van der Waals surface area contributed by atoms with Crippen LogP contribution in [0, 0.1) is 0 Å². The monoisotopic (exact) mass is 606 g/mol. The summed E-state index contributed by atoms with van der Waals surface area (Å²) in [5.74, 6) is 0.825. The number of phenols is 3. The summed E-state index contributed by atoms with van der Waals surface area (Å²) < 4.78 is 17.8. The minimum atomic E-state index is -0.717. The summed E-state index contributed by atoms with van der Waals surface area (Å²) in [5, 5.41) is 33.6. The van der Waals surface area contributed by atoms with Crippen LogP contribution in [0.15, 0.2) is 36.4 Å². The predicted octanol–water partition coefficient (Wildman–Crippen LogP) is 8.62. The molecule has 1 unspecified atom stereocenters. The van der Waals surface area contributed by atoms with Gasteiger partial charge >= 0.3 is 0 Å². The maximum Gasteiger partial charge on any atom is 0.126 e. The number of aromatic hydroxyl groups is 3. The Labute approximate surface area is 265 Å². The van der Waals surface area contributed by atoms with Gasteiger partial charge in [-0.1, -0.05) is 59.7 Å². The molecule has 6 nitrogen and oxygen atoms in total. The van der Waals surface area contributed by atoms with Crippen molar-refractivity contribution in [3.63, 3.8) is 0 Å². The molecule has 0 aliphatic rings. The highest BCUT2D eigenvalue weighted by Crippen LogP contribution is 2.45. The van der Waals surface area contributed by atoms with Crippen molar-refractivity contribution in [1.29, 1.82) is 0 Å². The first-order chi connectivity index (χ1) is 21.2. The average Bonchev–Trinajstić information content (AvgIpc) is 3.03. The van der Waals surface area contributed by atoms with Crippen molar-refractivity contribution in [2.45, 2.75) is 112 Å². The van der Waals surface area contributed by atoms with Gasteiger partial charge in [-0.3, -0.25) is 0 Å². The Balaban J connectivity index is 2.41. The largest absolute Gasteiger partial charge is 0.507 e. The molecule has 0 radical (unpaired) electrons. The van der Waals surface area contributed by atoms with Crippen LogP contribution in [0.25, 0.3) is 0 Å². The molecule has 44 heavy (non-hydrogen) atoms. The second-order valence-corrected chi connectivity index (χ2v) is 11.8. The molecule has 0 amide bonds. The molecule has 1 atom stereocenters. The lowest BCUT2D eigenvalue weighted by Crippen LogP contribution is -2.27. The van der Waals surface area contributed by atoms with Gasteiger partial charge in [0.25, 0.3) is 0 Å². The van der Waals surface area contributed by atoms with E-state index in [1.807, 2.05) is 19.1 Å². The number of ether oxygens (including phenoxy) is 3. The molecule has 0 aliphatic carbocycles. The average molecular weight is 607 g/mol. The van der Waals surface area contributed by atoms with Crippen LogP contribution < -0.4 is 0 Å². The van der Waals surface area contributed by atoms with Crippen LogP contribution in [-0.4, -0.2) is 35.1 Å². The zero-order chi connectivity index (χ0) is 32.3. The first-order valence-corrected chi connectivity index (χ1v) is 16.5. The van der Waals surface area contributed by atoms with Crippen molar-refractivity contribution in [3.05, 3.63) is 86.5 Å². The van der Waals surface area contributed by atoms with Gasteiger partial charge in [0.05, 0.1) is 19.8 Å². The number of phenolic OH excluding ortho intramolecular Hbond substituents is 3. The molecule has 3 aromatic carbocycles. The van der Waals surface area contributed by atoms with Gasteiger partial charge in [0.1, 0.15) is 17.2 Å². The SMILES string of the molecule is CCCOCc1cc(C(C)(c2cc(CC)c(O)c(CC)c2)c2cc(COCCC)c(O)c(COCCC)c2)cc(CC)c1O. The fourth-order valence-corrected chi connectivity index (χ4v) is 5.76. The van der Waals surface area contributed by atoms with Crippen LogP contribution in [0.3, 0.4) is 0 Å². The Morgan fingerprint density at radius 2 is 0.705 bits per heavy atom. The van der Waals surface area contributed by atoms with E-state index in [1.165, 1.54) is 0 Å². The molecule has 0 bridgehead atoms. The van der Waals surface area contributed by atoms with E-state index < -0.39 is 5.41 Å². The Bertz CT molecular complexity index is 1310. The molecule has 3 aromatic rings. The summed E-state index contributed by atoms with van der Waals surface area (Å²) in [5.41, 5.74) is 7.10. The van der Waals surface area contributed by atoms with Crippen molar-refractivity contribution >= 4 is 0 Å². The minimum Gasteiger partial charge on any atom is -0.507 e. The smallest absolute Gasteiger partial charge is 0.126 e. The van der Waals surface area contributed by atoms with Crippen LogP contribution in [0.4, 0.5) is 0 Å². The Hall–Kier alpha value is -3.06. The van der Waals surface area contributed by atoms with Crippen LogP contribution in [-0.2, 0) is 58.7 Å².